The molecule has 0 spiro atoms. The van der Waals surface area contributed by atoms with Crippen LogP contribution in [0.15, 0.2) is 12.4 Å². The number of aromatic nitrogens is 3. The highest BCUT2D eigenvalue weighted by Gasteiger charge is 2.25. The summed E-state index contributed by atoms with van der Waals surface area (Å²) in [7, 11) is 1.78. The summed E-state index contributed by atoms with van der Waals surface area (Å²) in [4.78, 5) is 19.0. The van der Waals surface area contributed by atoms with E-state index in [0.717, 1.165) is 24.6 Å². The number of thiazole rings is 1. The molecular weight excluding hydrogens is 290 g/mol. The Bertz CT molecular complexity index is 664. The smallest absolute Gasteiger partial charge is 0.269 e. The minimum atomic E-state index is -0.271. The van der Waals surface area contributed by atoms with Gasteiger partial charge in [0, 0.05) is 32.4 Å². The SMILES string of the molecule is Cn1cc(NC(=O)c2sc(N3CCC(N)C3)nc2N)cn1. The van der Waals surface area contributed by atoms with Crippen LogP contribution in [0.1, 0.15) is 16.1 Å². The molecule has 2 aromatic heterocycles. The Morgan fingerprint density at radius 2 is 2.38 bits per heavy atom. The van der Waals surface area contributed by atoms with E-state index in [1.54, 1.807) is 24.1 Å². The lowest BCUT2D eigenvalue weighted by molar-refractivity contribution is 0.103. The molecule has 0 radical (unpaired) electrons. The standard InChI is InChI=1S/C12H17N7OS/c1-18-6-8(4-15-18)16-11(20)9-10(14)17-12(21-9)19-3-2-7(13)5-19/h4,6-7H,2-3,5,13-14H2,1H3,(H,16,20). The summed E-state index contributed by atoms with van der Waals surface area (Å²) in [6.45, 7) is 1.59. The van der Waals surface area contributed by atoms with Gasteiger partial charge >= 0.3 is 0 Å². The van der Waals surface area contributed by atoms with Crippen molar-refractivity contribution in [3.63, 3.8) is 0 Å². The first-order chi connectivity index (χ1) is 10.0. The number of rotatable bonds is 3. The largest absolute Gasteiger partial charge is 0.382 e. The molecule has 0 bridgehead atoms. The fraction of sp³-hybridized carbons (Fsp3) is 0.417. The van der Waals surface area contributed by atoms with Crippen molar-refractivity contribution in [2.75, 3.05) is 29.0 Å². The molecule has 0 aliphatic carbocycles. The van der Waals surface area contributed by atoms with Crippen LogP contribution in [0.2, 0.25) is 0 Å². The van der Waals surface area contributed by atoms with Crippen LogP contribution < -0.4 is 21.7 Å². The average molecular weight is 307 g/mol. The number of carbonyl (C=O) groups excluding carboxylic acids is 1. The molecule has 1 saturated heterocycles. The van der Waals surface area contributed by atoms with Crippen molar-refractivity contribution in [1.82, 2.24) is 14.8 Å². The van der Waals surface area contributed by atoms with Gasteiger partial charge in [0.25, 0.3) is 5.91 Å². The van der Waals surface area contributed by atoms with Crippen molar-refractivity contribution >= 4 is 33.9 Å². The van der Waals surface area contributed by atoms with Gasteiger partial charge in [0.05, 0.1) is 11.9 Å². The molecule has 8 nitrogen and oxygen atoms in total. The first-order valence-corrected chi connectivity index (χ1v) is 7.41. The lowest BCUT2D eigenvalue weighted by atomic mass is 10.3. The Kier molecular flexibility index (Phi) is 3.52. The molecule has 1 atom stereocenters. The highest BCUT2D eigenvalue weighted by Crippen LogP contribution is 2.30. The number of aryl methyl sites for hydroxylation is 1. The highest BCUT2D eigenvalue weighted by atomic mass is 32.1. The minimum absolute atomic E-state index is 0.155. The fourth-order valence-electron chi connectivity index (χ4n) is 2.25. The Balaban J connectivity index is 1.76. The van der Waals surface area contributed by atoms with E-state index in [4.69, 9.17) is 11.5 Å². The predicted octanol–water partition coefficient (Wildman–Crippen LogP) is 0.249. The number of anilines is 3. The van der Waals surface area contributed by atoms with Gasteiger partial charge in [0.1, 0.15) is 10.7 Å². The van der Waals surface area contributed by atoms with Gasteiger partial charge in [-0.05, 0) is 6.42 Å². The molecular formula is C12H17N7OS. The van der Waals surface area contributed by atoms with Crippen molar-refractivity contribution in [3.8, 4) is 0 Å². The summed E-state index contributed by atoms with van der Waals surface area (Å²) in [5.74, 6) is -0.0235. The summed E-state index contributed by atoms with van der Waals surface area (Å²) in [6, 6.07) is 0.155. The molecule has 5 N–H and O–H groups in total. The van der Waals surface area contributed by atoms with Crippen molar-refractivity contribution in [2.24, 2.45) is 12.8 Å². The molecule has 1 aliphatic rings. The van der Waals surface area contributed by atoms with Crippen molar-refractivity contribution in [3.05, 3.63) is 17.3 Å². The zero-order valence-corrected chi connectivity index (χ0v) is 12.4. The van der Waals surface area contributed by atoms with E-state index < -0.39 is 0 Å². The van der Waals surface area contributed by atoms with Crippen molar-refractivity contribution < 1.29 is 4.79 Å². The molecule has 2 aromatic rings. The van der Waals surface area contributed by atoms with Gasteiger partial charge < -0.3 is 21.7 Å². The third kappa shape index (κ3) is 2.83. The third-order valence-corrected chi connectivity index (χ3v) is 4.44. The van der Waals surface area contributed by atoms with Crippen molar-refractivity contribution in [2.45, 2.75) is 12.5 Å². The number of nitrogens with one attached hydrogen (secondary N) is 1. The summed E-state index contributed by atoms with van der Waals surface area (Å²) in [5.41, 5.74) is 12.4. The molecule has 1 unspecified atom stereocenters. The second-order valence-electron chi connectivity index (χ2n) is 5.06. The van der Waals surface area contributed by atoms with Gasteiger partial charge in [-0.3, -0.25) is 9.48 Å². The van der Waals surface area contributed by atoms with Crippen LogP contribution in [-0.2, 0) is 7.05 Å². The number of nitrogen functional groups attached to an aromatic ring is 1. The minimum Gasteiger partial charge on any atom is -0.382 e. The van der Waals surface area contributed by atoms with Gasteiger partial charge in [0.15, 0.2) is 5.13 Å². The van der Waals surface area contributed by atoms with E-state index >= 15 is 0 Å². The van der Waals surface area contributed by atoms with Crippen molar-refractivity contribution in [1.29, 1.82) is 0 Å². The van der Waals surface area contributed by atoms with Crippen LogP contribution in [0.4, 0.5) is 16.6 Å². The lowest BCUT2D eigenvalue weighted by Crippen LogP contribution is -2.26. The molecule has 0 saturated carbocycles. The van der Waals surface area contributed by atoms with E-state index in [-0.39, 0.29) is 17.8 Å². The zero-order valence-electron chi connectivity index (χ0n) is 11.6. The summed E-state index contributed by atoms with van der Waals surface area (Å²) in [6.07, 6.45) is 4.22. The molecule has 1 aliphatic heterocycles. The van der Waals surface area contributed by atoms with Gasteiger partial charge in [0.2, 0.25) is 0 Å². The van der Waals surface area contributed by atoms with E-state index in [2.05, 4.69) is 20.3 Å². The second-order valence-corrected chi connectivity index (χ2v) is 6.04. The van der Waals surface area contributed by atoms with E-state index in [0.29, 0.717) is 10.6 Å². The van der Waals surface area contributed by atoms with E-state index in [9.17, 15) is 4.79 Å². The quantitative estimate of drug-likeness (QED) is 0.748. The number of nitrogens with two attached hydrogens (primary N) is 2. The normalized spacial score (nSPS) is 18.2. The van der Waals surface area contributed by atoms with Gasteiger partial charge in [-0.2, -0.15) is 5.10 Å². The van der Waals surface area contributed by atoms with E-state index in [1.807, 2.05) is 0 Å². The second kappa shape index (κ2) is 5.34. The summed E-state index contributed by atoms with van der Waals surface area (Å²) in [5, 5.41) is 7.50. The molecule has 21 heavy (non-hydrogen) atoms. The van der Waals surface area contributed by atoms with Gasteiger partial charge in [-0.1, -0.05) is 11.3 Å². The number of nitrogens with zero attached hydrogens (tertiary/aromatic N) is 4. The maximum absolute atomic E-state index is 12.2. The molecule has 112 valence electrons. The van der Waals surface area contributed by atoms with Gasteiger partial charge in [-0.25, -0.2) is 4.98 Å². The number of amides is 1. The van der Waals surface area contributed by atoms with Crippen LogP contribution in [0.5, 0.6) is 0 Å². The van der Waals surface area contributed by atoms with Crippen LogP contribution in [-0.4, -0.2) is 39.8 Å². The summed E-state index contributed by atoms with van der Waals surface area (Å²) >= 11 is 1.29. The first-order valence-electron chi connectivity index (χ1n) is 6.60. The Morgan fingerprint density at radius 1 is 1.57 bits per heavy atom. The molecule has 1 fully saturated rings. The molecule has 3 heterocycles. The maximum atomic E-state index is 12.2. The number of hydrogen-bond acceptors (Lipinski definition) is 7. The monoisotopic (exact) mass is 307 g/mol. The van der Waals surface area contributed by atoms with E-state index in [1.165, 1.54) is 11.3 Å². The predicted molar refractivity (Wildman–Crippen MR) is 82.5 cm³/mol. The Labute approximate surface area is 125 Å². The Hall–Kier alpha value is -2.13. The number of hydrogen-bond donors (Lipinski definition) is 3. The topological polar surface area (TPSA) is 115 Å². The van der Waals surface area contributed by atoms with Crippen LogP contribution in [0.25, 0.3) is 0 Å². The molecule has 1 amide bonds. The van der Waals surface area contributed by atoms with Crippen LogP contribution in [0, 0.1) is 0 Å². The third-order valence-electron chi connectivity index (χ3n) is 3.31. The molecule has 9 heteroatoms. The average Bonchev–Trinajstić information content (AvgIpc) is 3.11. The van der Waals surface area contributed by atoms with Crippen LogP contribution in [0.3, 0.4) is 0 Å². The highest BCUT2D eigenvalue weighted by molar-refractivity contribution is 7.18. The molecule has 3 rings (SSSR count). The molecule has 0 aromatic carbocycles. The number of carbonyl (C=O) groups is 1. The Morgan fingerprint density at radius 3 is 3.00 bits per heavy atom. The first kappa shape index (κ1) is 13.8. The van der Waals surface area contributed by atoms with Gasteiger partial charge in [-0.15, -0.1) is 0 Å². The zero-order chi connectivity index (χ0) is 15.0. The summed E-state index contributed by atoms with van der Waals surface area (Å²) < 4.78 is 1.61. The lowest BCUT2D eigenvalue weighted by Gasteiger charge is -2.12. The maximum Gasteiger partial charge on any atom is 0.269 e. The van der Waals surface area contributed by atoms with Crippen LogP contribution >= 0.6 is 11.3 Å². The fourth-order valence-corrected chi connectivity index (χ4v) is 3.17.